The minimum atomic E-state index is -3.26. The number of aryl methyl sites for hydroxylation is 1. The number of hydrogen-bond acceptors (Lipinski definition) is 5. The SMILES string of the molecule is Cc1ccc(C(CN)n2cc(S(C)(=O)=O)cn2)o1. The first-order valence-corrected chi connectivity index (χ1v) is 7.31. The van der Waals surface area contributed by atoms with Gasteiger partial charge in [0.2, 0.25) is 0 Å². The maximum absolute atomic E-state index is 11.4. The zero-order valence-corrected chi connectivity index (χ0v) is 11.0. The summed E-state index contributed by atoms with van der Waals surface area (Å²) in [6.07, 6.45) is 3.92. The largest absolute Gasteiger partial charge is 0.464 e. The molecule has 0 amide bonds. The maximum atomic E-state index is 11.4. The molecular weight excluding hydrogens is 254 g/mol. The van der Waals surface area contributed by atoms with E-state index in [2.05, 4.69) is 5.10 Å². The molecule has 0 aliphatic carbocycles. The van der Waals surface area contributed by atoms with Crippen molar-refractivity contribution in [1.82, 2.24) is 9.78 Å². The lowest BCUT2D eigenvalue weighted by Gasteiger charge is -2.12. The summed E-state index contributed by atoms with van der Waals surface area (Å²) in [6.45, 7) is 2.11. The van der Waals surface area contributed by atoms with E-state index in [1.807, 2.05) is 19.1 Å². The molecule has 0 aromatic carbocycles. The zero-order valence-electron chi connectivity index (χ0n) is 10.2. The Morgan fingerprint density at radius 3 is 2.67 bits per heavy atom. The van der Waals surface area contributed by atoms with Crippen LogP contribution in [0.2, 0.25) is 0 Å². The Balaban J connectivity index is 2.37. The fourth-order valence-electron chi connectivity index (χ4n) is 1.67. The molecule has 2 N–H and O–H groups in total. The second-order valence-corrected chi connectivity index (χ2v) is 6.14. The van der Waals surface area contributed by atoms with Crippen molar-refractivity contribution in [2.75, 3.05) is 12.8 Å². The van der Waals surface area contributed by atoms with Crippen molar-refractivity contribution in [1.29, 1.82) is 0 Å². The van der Waals surface area contributed by atoms with Crippen LogP contribution < -0.4 is 5.73 Å². The number of furan rings is 1. The van der Waals surface area contributed by atoms with Gasteiger partial charge in [0.25, 0.3) is 0 Å². The molecular formula is C11H15N3O3S. The average molecular weight is 269 g/mol. The van der Waals surface area contributed by atoms with Crippen LogP contribution in [0.1, 0.15) is 17.6 Å². The fraction of sp³-hybridized carbons (Fsp3) is 0.364. The van der Waals surface area contributed by atoms with Crippen molar-refractivity contribution in [3.63, 3.8) is 0 Å². The molecule has 18 heavy (non-hydrogen) atoms. The standard InChI is InChI=1S/C11H15N3O3S/c1-8-3-4-11(17-8)10(5-12)14-7-9(6-13-14)18(2,15)16/h3-4,6-7,10H,5,12H2,1-2H3. The van der Waals surface area contributed by atoms with Crippen LogP contribution in [0, 0.1) is 6.92 Å². The second-order valence-electron chi connectivity index (χ2n) is 4.13. The highest BCUT2D eigenvalue weighted by Crippen LogP contribution is 2.20. The smallest absolute Gasteiger partial charge is 0.178 e. The van der Waals surface area contributed by atoms with Gasteiger partial charge < -0.3 is 10.2 Å². The number of sulfone groups is 1. The van der Waals surface area contributed by atoms with E-state index in [4.69, 9.17) is 10.2 Å². The summed E-state index contributed by atoms with van der Waals surface area (Å²) in [5.74, 6) is 1.44. The molecule has 2 heterocycles. The minimum absolute atomic E-state index is 0.171. The molecule has 7 heteroatoms. The van der Waals surface area contributed by atoms with Crippen LogP contribution in [0.3, 0.4) is 0 Å². The van der Waals surface area contributed by atoms with Crippen LogP contribution in [0.5, 0.6) is 0 Å². The van der Waals surface area contributed by atoms with Gasteiger partial charge in [0.05, 0.1) is 6.20 Å². The highest BCUT2D eigenvalue weighted by molar-refractivity contribution is 7.90. The van der Waals surface area contributed by atoms with Gasteiger partial charge in [-0.1, -0.05) is 0 Å². The van der Waals surface area contributed by atoms with E-state index in [0.29, 0.717) is 5.76 Å². The third-order valence-electron chi connectivity index (χ3n) is 2.64. The van der Waals surface area contributed by atoms with Gasteiger partial charge in [-0.05, 0) is 19.1 Å². The van der Waals surface area contributed by atoms with Gasteiger partial charge in [0, 0.05) is 19.0 Å². The van der Waals surface area contributed by atoms with Gasteiger partial charge in [-0.3, -0.25) is 4.68 Å². The lowest BCUT2D eigenvalue weighted by atomic mass is 10.2. The van der Waals surface area contributed by atoms with Crippen LogP contribution in [-0.4, -0.2) is 31.0 Å². The maximum Gasteiger partial charge on any atom is 0.178 e. The molecule has 0 radical (unpaired) electrons. The van der Waals surface area contributed by atoms with Gasteiger partial charge >= 0.3 is 0 Å². The lowest BCUT2D eigenvalue weighted by Crippen LogP contribution is -2.20. The van der Waals surface area contributed by atoms with E-state index < -0.39 is 9.84 Å². The van der Waals surface area contributed by atoms with E-state index in [1.54, 1.807) is 0 Å². The molecule has 98 valence electrons. The average Bonchev–Trinajstić information content (AvgIpc) is 2.88. The number of nitrogens with two attached hydrogens (primary N) is 1. The second kappa shape index (κ2) is 4.58. The minimum Gasteiger partial charge on any atom is -0.464 e. The molecule has 2 rings (SSSR count). The van der Waals surface area contributed by atoms with Crippen LogP contribution >= 0.6 is 0 Å². The number of hydrogen-bond donors (Lipinski definition) is 1. The Hall–Kier alpha value is -1.60. The monoisotopic (exact) mass is 269 g/mol. The van der Waals surface area contributed by atoms with Crippen molar-refractivity contribution in [2.24, 2.45) is 5.73 Å². The van der Waals surface area contributed by atoms with Crippen molar-refractivity contribution < 1.29 is 12.8 Å². The van der Waals surface area contributed by atoms with Gasteiger partial charge in [-0.25, -0.2) is 8.42 Å². The Bertz CT molecular complexity index is 642. The van der Waals surface area contributed by atoms with Crippen molar-refractivity contribution in [3.05, 3.63) is 36.0 Å². The quantitative estimate of drug-likeness (QED) is 0.883. The summed E-state index contributed by atoms with van der Waals surface area (Å²) in [6, 6.07) is 3.35. The van der Waals surface area contributed by atoms with Crippen molar-refractivity contribution in [3.8, 4) is 0 Å². The molecule has 2 aromatic rings. The molecule has 6 nitrogen and oxygen atoms in total. The molecule has 0 saturated carbocycles. The Kier molecular flexibility index (Phi) is 3.27. The van der Waals surface area contributed by atoms with Crippen LogP contribution in [-0.2, 0) is 9.84 Å². The summed E-state index contributed by atoms with van der Waals surface area (Å²) in [5, 5.41) is 4.04. The highest BCUT2D eigenvalue weighted by atomic mass is 32.2. The number of rotatable bonds is 4. The first-order valence-electron chi connectivity index (χ1n) is 5.42. The van der Waals surface area contributed by atoms with E-state index >= 15 is 0 Å². The van der Waals surface area contributed by atoms with Gasteiger partial charge in [0.15, 0.2) is 9.84 Å². The van der Waals surface area contributed by atoms with Crippen molar-refractivity contribution in [2.45, 2.75) is 17.9 Å². The zero-order chi connectivity index (χ0) is 13.3. The van der Waals surface area contributed by atoms with E-state index in [0.717, 1.165) is 12.0 Å². The van der Waals surface area contributed by atoms with Crippen LogP contribution in [0.25, 0.3) is 0 Å². The fourth-order valence-corrected chi connectivity index (χ4v) is 2.21. The summed E-state index contributed by atoms with van der Waals surface area (Å²) in [4.78, 5) is 0.171. The molecule has 0 aliphatic heterocycles. The molecule has 0 spiro atoms. The molecule has 0 bridgehead atoms. The third-order valence-corrected chi connectivity index (χ3v) is 3.71. The predicted molar refractivity (Wildman–Crippen MR) is 66.0 cm³/mol. The van der Waals surface area contributed by atoms with Crippen LogP contribution in [0.4, 0.5) is 0 Å². The Labute approximate surface area is 105 Å². The molecule has 0 fully saturated rings. The van der Waals surface area contributed by atoms with Gasteiger partial charge in [-0.15, -0.1) is 0 Å². The predicted octanol–water partition coefficient (Wildman–Crippen LogP) is 0.736. The van der Waals surface area contributed by atoms with E-state index in [-0.39, 0.29) is 17.5 Å². The number of aromatic nitrogens is 2. The summed E-state index contributed by atoms with van der Waals surface area (Å²) < 4.78 is 29.8. The highest BCUT2D eigenvalue weighted by Gasteiger charge is 2.19. The molecule has 0 saturated heterocycles. The summed E-state index contributed by atoms with van der Waals surface area (Å²) in [5.41, 5.74) is 5.69. The first kappa shape index (κ1) is 12.8. The van der Waals surface area contributed by atoms with Crippen molar-refractivity contribution >= 4 is 9.84 Å². The Morgan fingerprint density at radius 1 is 1.50 bits per heavy atom. The van der Waals surface area contributed by atoms with Gasteiger partial charge in [0.1, 0.15) is 22.5 Å². The van der Waals surface area contributed by atoms with E-state index in [1.165, 1.54) is 17.1 Å². The number of nitrogens with zero attached hydrogens (tertiary/aromatic N) is 2. The summed E-state index contributed by atoms with van der Waals surface area (Å²) in [7, 11) is -3.26. The first-order chi connectivity index (χ1) is 8.41. The molecule has 2 aromatic heterocycles. The molecule has 1 unspecified atom stereocenters. The van der Waals surface area contributed by atoms with E-state index in [9.17, 15) is 8.42 Å². The summed E-state index contributed by atoms with van der Waals surface area (Å²) >= 11 is 0. The normalized spacial score (nSPS) is 13.7. The third kappa shape index (κ3) is 2.46. The molecule has 1 atom stereocenters. The van der Waals surface area contributed by atoms with Gasteiger partial charge in [-0.2, -0.15) is 5.10 Å². The lowest BCUT2D eigenvalue weighted by molar-refractivity contribution is 0.398. The Morgan fingerprint density at radius 2 is 2.22 bits per heavy atom. The topological polar surface area (TPSA) is 91.1 Å². The molecule has 0 aliphatic rings. The van der Waals surface area contributed by atoms with Crippen LogP contribution in [0.15, 0.2) is 33.8 Å².